The summed E-state index contributed by atoms with van der Waals surface area (Å²) in [6.45, 7) is 1.00. The Labute approximate surface area is 88.5 Å². The quantitative estimate of drug-likeness (QED) is 0.799. The first kappa shape index (κ1) is 9.65. The number of pyridine rings is 1. The second-order valence-corrected chi connectivity index (χ2v) is 4.86. The number of nitrogen functional groups attached to an aromatic ring is 1. The van der Waals surface area contributed by atoms with Gasteiger partial charge in [0.05, 0.1) is 5.69 Å². The van der Waals surface area contributed by atoms with E-state index in [0.717, 1.165) is 17.5 Å². The lowest BCUT2D eigenvalue weighted by Gasteiger charge is -2.12. The number of thioether (sulfide) groups is 1. The minimum atomic E-state index is 0.593. The van der Waals surface area contributed by atoms with Gasteiger partial charge in [0.15, 0.2) is 0 Å². The van der Waals surface area contributed by atoms with Gasteiger partial charge in [-0.05, 0) is 30.7 Å². The fourth-order valence-electron chi connectivity index (χ4n) is 1.60. The van der Waals surface area contributed by atoms with Crippen molar-refractivity contribution in [3.63, 3.8) is 0 Å². The van der Waals surface area contributed by atoms with E-state index in [1.54, 1.807) is 6.20 Å². The molecular formula is C10H15N3S. The fraction of sp³-hybridized carbons (Fsp3) is 0.500. The van der Waals surface area contributed by atoms with Crippen molar-refractivity contribution in [1.29, 1.82) is 0 Å². The van der Waals surface area contributed by atoms with Gasteiger partial charge in [0.2, 0.25) is 0 Å². The molecule has 4 heteroatoms. The molecule has 1 aliphatic heterocycles. The highest BCUT2D eigenvalue weighted by Crippen LogP contribution is 2.26. The molecule has 76 valence electrons. The van der Waals surface area contributed by atoms with Crippen LogP contribution in [0.3, 0.4) is 0 Å². The number of nitrogens with two attached hydrogens (primary N) is 1. The van der Waals surface area contributed by atoms with Crippen molar-refractivity contribution in [2.75, 3.05) is 23.3 Å². The van der Waals surface area contributed by atoms with Crippen molar-refractivity contribution < 1.29 is 0 Å². The highest BCUT2D eigenvalue weighted by Gasteiger charge is 2.15. The third-order valence-electron chi connectivity index (χ3n) is 2.38. The number of aromatic nitrogens is 1. The van der Waals surface area contributed by atoms with Gasteiger partial charge in [-0.3, -0.25) is 0 Å². The Morgan fingerprint density at radius 1 is 1.64 bits per heavy atom. The molecule has 1 saturated heterocycles. The SMILES string of the molecule is Nc1ncccc1NCC1CCCS1. The van der Waals surface area contributed by atoms with Gasteiger partial charge in [-0.15, -0.1) is 0 Å². The van der Waals surface area contributed by atoms with E-state index in [1.807, 2.05) is 23.9 Å². The molecule has 1 aromatic heterocycles. The standard InChI is InChI=1S/C10H15N3S/c11-10-9(4-1-5-12-10)13-7-8-3-2-6-14-8/h1,4-5,8,13H,2-3,6-7H2,(H2,11,12). The number of hydrogen-bond donors (Lipinski definition) is 2. The molecule has 3 N–H and O–H groups in total. The van der Waals surface area contributed by atoms with Gasteiger partial charge in [0, 0.05) is 18.0 Å². The maximum Gasteiger partial charge on any atom is 0.146 e. The molecule has 1 fully saturated rings. The van der Waals surface area contributed by atoms with Crippen molar-refractivity contribution in [3.8, 4) is 0 Å². The van der Waals surface area contributed by atoms with Gasteiger partial charge in [0.25, 0.3) is 0 Å². The minimum absolute atomic E-state index is 0.593. The Hall–Kier alpha value is -0.900. The van der Waals surface area contributed by atoms with E-state index in [0.29, 0.717) is 5.82 Å². The van der Waals surface area contributed by atoms with Gasteiger partial charge >= 0.3 is 0 Å². The molecule has 0 aliphatic carbocycles. The summed E-state index contributed by atoms with van der Waals surface area (Å²) in [5.41, 5.74) is 6.68. The van der Waals surface area contributed by atoms with Crippen molar-refractivity contribution in [2.45, 2.75) is 18.1 Å². The average molecular weight is 209 g/mol. The lowest BCUT2D eigenvalue weighted by molar-refractivity contribution is 0.805. The zero-order valence-corrected chi connectivity index (χ0v) is 8.89. The van der Waals surface area contributed by atoms with Crippen molar-refractivity contribution >= 4 is 23.3 Å². The summed E-state index contributed by atoms with van der Waals surface area (Å²) in [5.74, 6) is 1.89. The van der Waals surface area contributed by atoms with Crippen molar-refractivity contribution in [2.24, 2.45) is 0 Å². The lowest BCUT2D eigenvalue weighted by atomic mass is 10.2. The van der Waals surface area contributed by atoms with Crippen LogP contribution in [0, 0.1) is 0 Å². The van der Waals surface area contributed by atoms with Crippen LogP contribution in [0.4, 0.5) is 11.5 Å². The zero-order valence-electron chi connectivity index (χ0n) is 8.07. The van der Waals surface area contributed by atoms with E-state index < -0.39 is 0 Å². The molecule has 14 heavy (non-hydrogen) atoms. The second-order valence-electron chi connectivity index (χ2n) is 3.45. The highest BCUT2D eigenvalue weighted by atomic mass is 32.2. The minimum Gasteiger partial charge on any atom is -0.382 e. The largest absolute Gasteiger partial charge is 0.382 e. The summed E-state index contributed by atoms with van der Waals surface area (Å²) in [5, 5.41) is 4.09. The molecule has 1 atom stereocenters. The number of nitrogens with zero attached hydrogens (tertiary/aromatic N) is 1. The van der Waals surface area contributed by atoms with E-state index in [9.17, 15) is 0 Å². The summed E-state index contributed by atoms with van der Waals surface area (Å²) >= 11 is 2.04. The summed E-state index contributed by atoms with van der Waals surface area (Å²) in [7, 11) is 0. The summed E-state index contributed by atoms with van der Waals surface area (Å²) < 4.78 is 0. The zero-order chi connectivity index (χ0) is 9.80. The molecule has 0 amide bonds. The number of nitrogens with one attached hydrogen (secondary N) is 1. The van der Waals surface area contributed by atoms with Crippen LogP contribution in [0.5, 0.6) is 0 Å². The third-order valence-corrected chi connectivity index (χ3v) is 3.78. The van der Waals surface area contributed by atoms with Crippen LogP contribution in [0.15, 0.2) is 18.3 Å². The highest BCUT2D eigenvalue weighted by molar-refractivity contribution is 8.00. The first-order valence-corrected chi connectivity index (χ1v) is 5.97. The summed E-state index contributed by atoms with van der Waals surface area (Å²) in [6, 6.07) is 3.88. The molecule has 0 bridgehead atoms. The Kier molecular flexibility index (Phi) is 3.14. The molecule has 0 aromatic carbocycles. The molecule has 3 nitrogen and oxygen atoms in total. The molecule has 1 unspecified atom stereocenters. The smallest absolute Gasteiger partial charge is 0.146 e. The Bertz CT molecular complexity index is 297. The van der Waals surface area contributed by atoms with Crippen LogP contribution in [0.2, 0.25) is 0 Å². The van der Waals surface area contributed by atoms with Crippen molar-refractivity contribution in [3.05, 3.63) is 18.3 Å². The topological polar surface area (TPSA) is 50.9 Å². The predicted molar refractivity (Wildman–Crippen MR) is 62.6 cm³/mol. The molecule has 1 aromatic rings. The van der Waals surface area contributed by atoms with E-state index >= 15 is 0 Å². The fourth-order valence-corrected chi connectivity index (χ4v) is 2.80. The van der Waals surface area contributed by atoms with Gasteiger partial charge in [-0.1, -0.05) is 0 Å². The van der Waals surface area contributed by atoms with E-state index in [1.165, 1.54) is 18.6 Å². The van der Waals surface area contributed by atoms with E-state index in [2.05, 4.69) is 10.3 Å². The van der Waals surface area contributed by atoms with Crippen LogP contribution in [0.1, 0.15) is 12.8 Å². The number of anilines is 2. The molecule has 0 radical (unpaired) electrons. The van der Waals surface area contributed by atoms with E-state index in [-0.39, 0.29) is 0 Å². The second kappa shape index (κ2) is 4.55. The first-order chi connectivity index (χ1) is 6.86. The summed E-state index contributed by atoms with van der Waals surface area (Å²) in [4.78, 5) is 4.03. The number of hydrogen-bond acceptors (Lipinski definition) is 4. The van der Waals surface area contributed by atoms with Crippen molar-refractivity contribution in [1.82, 2.24) is 4.98 Å². The Balaban J connectivity index is 1.88. The average Bonchev–Trinajstić information content (AvgIpc) is 2.69. The van der Waals surface area contributed by atoms with Crippen LogP contribution in [-0.4, -0.2) is 22.5 Å². The Morgan fingerprint density at radius 3 is 3.29 bits per heavy atom. The first-order valence-electron chi connectivity index (χ1n) is 4.92. The van der Waals surface area contributed by atoms with Gasteiger partial charge < -0.3 is 11.1 Å². The van der Waals surface area contributed by atoms with Gasteiger partial charge in [0.1, 0.15) is 5.82 Å². The van der Waals surface area contributed by atoms with Gasteiger partial charge in [-0.25, -0.2) is 4.98 Å². The number of rotatable bonds is 3. The molecule has 0 spiro atoms. The molecular weight excluding hydrogens is 194 g/mol. The van der Waals surface area contributed by atoms with Crippen LogP contribution < -0.4 is 11.1 Å². The molecule has 2 rings (SSSR count). The van der Waals surface area contributed by atoms with E-state index in [4.69, 9.17) is 5.73 Å². The monoisotopic (exact) mass is 209 g/mol. The molecule has 2 heterocycles. The maximum absolute atomic E-state index is 5.72. The third kappa shape index (κ3) is 2.32. The Morgan fingerprint density at radius 2 is 2.57 bits per heavy atom. The normalized spacial score (nSPS) is 21.0. The van der Waals surface area contributed by atoms with Crippen LogP contribution in [0.25, 0.3) is 0 Å². The molecule has 0 saturated carbocycles. The van der Waals surface area contributed by atoms with Crippen LogP contribution in [-0.2, 0) is 0 Å². The molecule has 1 aliphatic rings. The van der Waals surface area contributed by atoms with Gasteiger partial charge in [-0.2, -0.15) is 11.8 Å². The predicted octanol–water partition coefficient (Wildman–Crippen LogP) is 1.97. The summed E-state index contributed by atoms with van der Waals surface area (Å²) in [6.07, 6.45) is 4.38. The lowest BCUT2D eigenvalue weighted by Crippen LogP contribution is -2.14. The van der Waals surface area contributed by atoms with Crippen LogP contribution >= 0.6 is 11.8 Å². The maximum atomic E-state index is 5.72.